The largest absolute Gasteiger partial charge is 0.326 e. The summed E-state index contributed by atoms with van der Waals surface area (Å²) in [7, 11) is 1.95. The molecule has 0 aliphatic carbocycles. The van der Waals surface area contributed by atoms with E-state index in [1.165, 1.54) is 12.1 Å². The number of carbonyl (C=O) groups excluding carboxylic acids is 1. The zero-order valence-corrected chi connectivity index (χ0v) is 12.3. The number of para-hydroxylation sites is 1. The maximum Gasteiger partial charge on any atom is 0.279 e. The molecule has 2 aromatic rings. The Bertz CT molecular complexity index is 610. The lowest BCUT2D eigenvalue weighted by Gasteiger charge is -2.14. The topological polar surface area (TPSA) is 33.5 Å². The maximum atomic E-state index is 12.8. The molecule has 0 aliphatic heterocycles. The fraction of sp³-hybridized carbons (Fsp3) is 0.235. The summed E-state index contributed by atoms with van der Waals surface area (Å²) in [5.41, 5.74) is 2.90. The van der Waals surface area contributed by atoms with Gasteiger partial charge in [-0.1, -0.05) is 30.3 Å². The van der Waals surface area contributed by atoms with Gasteiger partial charge in [0.25, 0.3) is 5.91 Å². The number of anilines is 1. The lowest BCUT2D eigenvalue weighted by molar-refractivity contribution is -0.885. The standard InChI is InChI=1S/C17H19FN2O/c1-13-5-3-4-6-16(13)19-17(21)12-20(2)11-14-7-9-15(18)10-8-14/h3-10H,11-12H2,1-2H3,(H,19,21)/p+1. The van der Waals surface area contributed by atoms with E-state index >= 15 is 0 Å². The Morgan fingerprint density at radius 1 is 1.14 bits per heavy atom. The van der Waals surface area contributed by atoms with Crippen molar-refractivity contribution >= 4 is 11.6 Å². The summed E-state index contributed by atoms with van der Waals surface area (Å²) in [4.78, 5) is 13.1. The van der Waals surface area contributed by atoms with Crippen LogP contribution in [0.3, 0.4) is 0 Å². The summed E-state index contributed by atoms with van der Waals surface area (Å²) in [5.74, 6) is -0.266. The second-order valence-electron chi connectivity index (χ2n) is 5.30. The minimum Gasteiger partial charge on any atom is -0.326 e. The van der Waals surface area contributed by atoms with E-state index in [2.05, 4.69) is 5.32 Å². The molecule has 0 bridgehead atoms. The van der Waals surface area contributed by atoms with Gasteiger partial charge in [-0.05, 0) is 30.7 Å². The highest BCUT2D eigenvalue weighted by Crippen LogP contribution is 2.12. The molecule has 0 saturated heterocycles. The van der Waals surface area contributed by atoms with Crippen LogP contribution < -0.4 is 10.2 Å². The number of halogens is 1. The molecule has 0 spiro atoms. The number of amides is 1. The van der Waals surface area contributed by atoms with Crippen LogP contribution in [0.15, 0.2) is 48.5 Å². The predicted molar refractivity (Wildman–Crippen MR) is 81.7 cm³/mol. The van der Waals surface area contributed by atoms with Gasteiger partial charge in [0.2, 0.25) is 0 Å². The molecule has 2 N–H and O–H groups in total. The Kier molecular flexibility index (Phi) is 5.06. The first-order valence-corrected chi connectivity index (χ1v) is 6.96. The van der Waals surface area contributed by atoms with Crippen molar-refractivity contribution in [3.05, 3.63) is 65.5 Å². The Hall–Kier alpha value is -2.20. The first kappa shape index (κ1) is 15.2. The van der Waals surface area contributed by atoms with Gasteiger partial charge in [-0.15, -0.1) is 0 Å². The molecule has 1 unspecified atom stereocenters. The number of quaternary nitrogens is 1. The summed E-state index contributed by atoms with van der Waals surface area (Å²) in [6, 6.07) is 14.1. The first-order valence-electron chi connectivity index (χ1n) is 6.96. The highest BCUT2D eigenvalue weighted by Gasteiger charge is 2.11. The molecule has 4 heteroatoms. The number of likely N-dealkylation sites (N-methyl/N-ethyl adjacent to an activating group) is 1. The molecular formula is C17H20FN2O+. The molecule has 0 radical (unpaired) electrons. The molecule has 0 heterocycles. The smallest absolute Gasteiger partial charge is 0.279 e. The molecule has 2 aromatic carbocycles. The number of nitrogens with one attached hydrogen (secondary N) is 2. The van der Waals surface area contributed by atoms with Crippen LogP contribution in [0, 0.1) is 12.7 Å². The van der Waals surface area contributed by atoms with Crippen molar-refractivity contribution < 1.29 is 14.1 Å². The van der Waals surface area contributed by atoms with Crippen molar-refractivity contribution in [2.24, 2.45) is 0 Å². The highest BCUT2D eigenvalue weighted by molar-refractivity contribution is 5.92. The fourth-order valence-corrected chi connectivity index (χ4v) is 2.19. The third-order valence-corrected chi connectivity index (χ3v) is 3.30. The van der Waals surface area contributed by atoms with Crippen molar-refractivity contribution in [1.29, 1.82) is 0 Å². The van der Waals surface area contributed by atoms with E-state index < -0.39 is 0 Å². The van der Waals surface area contributed by atoms with Gasteiger partial charge in [0.15, 0.2) is 6.54 Å². The summed E-state index contributed by atoms with van der Waals surface area (Å²) in [6.45, 7) is 3.01. The first-order chi connectivity index (χ1) is 10.0. The zero-order chi connectivity index (χ0) is 15.2. The van der Waals surface area contributed by atoms with Crippen LogP contribution in [-0.4, -0.2) is 19.5 Å². The third-order valence-electron chi connectivity index (χ3n) is 3.30. The van der Waals surface area contributed by atoms with E-state index in [0.29, 0.717) is 13.1 Å². The molecule has 110 valence electrons. The van der Waals surface area contributed by atoms with E-state index in [0.717, 1.165) is 21.7 Å². The van der Waals surface area contributed by atoms with E-state index in [9.17, 15) is 9.18 Å². The maximum absolute atomic E-state index is 12.8. The number of hydrogen-bond donors (Lipinski definition) is 2. The molecule has 0 fully saturated rings. The van der Waals surface area contributed by atoms with Gasteiger partial charge in [0.05, 0.1) is 7.05 Å². The number of rotatable bonds is 5. The van der Waals surface area contributed by atoms with Crippen LogP contribution in [0.4, 0.5) is 10.1 Å². The molecule has 1 amide bonds. The van der Waals surface area contributed by atoms with Crippen molar-refractivity contribution in [2.75, 3.05) is 18.9 Å². The van der Waals surface area contributed by atoms with Crippen LogP contribution in [0.25, 0.3) is 0 Å². The minimum atomic E-state index is -0.242. The second kappa shape index (κ2) is 6.99. The summed E-state index contributed by atoms with van der Waals surface area (Å²) < 4.78 is 12.8. The number of benzene rings is 2. The Balaban J connectivity index is 1.87. The van der Waals surface area contributed by atoms with Gasteiger partial charge >= 0.3 is 0 Å². The molecule has 21 heavy (non-hydrogen) atoms. The summed E-state index contributed by atoms with van der Waals surface area (Å²) in [6.07, 6.45) is 0. The normalized spacial score (nSPS) is 12.0. The van der Waals surface area contributed by atoms with E-state index in [1.54, 1.807) is 12.1 Å². The second-order valence-corrected chi connectivity index (χ2v) is 5.30. The molecule has 0 aliphatic rings. The Morgan fingerprint density at radius 2 is 1.81 bits per heavy atom. The SMILES string of the molecule is Cc1ccccc1NC(=O)C[NH+](C)Cc1ccc(F)cc1. The summed E-state index contributed by atoms with van der Waals surface area (Å²) >= 11 is 0. The van der Waals surface area contributed by atoms with Crippen molar-refractivity contribution in [3.63, 3.8) is 0 Å². The zero-order valence-electron chi connectivity index (χ0n) is 12.3. The monoisotopic (exact) mass is 287 g/mol. The minimum absolute atomic E-state index is 0.0242. The number of carbonyl (C=O) groups is 1. The predicted octanol–water partition coefficient (Wildman–Crippen LogP) is 1.79. The average Bonchev–Trinajstić information content (AvgIpc) is 2.44. The molecule has 3 nitrogen and oxygen atoms in total. The molecular weight excluding hydrogens is 267 g/mol. The lowest BCUT2D eigenvalue weighted by atomic mass is 10.2. The molecule has 0 saturated carbocycles. The fourth-order valence-electron chi connectivity index (χ4n) is 2.19. The molecule has 1 atom stereocenters. The lowest BCUT2D eigenvalue weighted by Crippen LogP contribution is -3.08. The Morgan fingerprint density at radius 3 is 2.48 bits per heavy atom. The average molecular weight is 287 g/mol. The van der Waals surface area contributed by atoms with Gasteiger partial charge in [0.1, 0.15) is 12.4 Å². The van der Waals surface area contributed by atoms with Gasteiger partial charge < -0.3 is 10.2 Å². The van der Waals surface area contributed by atoms with Crippen LogP contribution >= 0.6 is 0 Å². The van der Waals surface area contributed by atoms with E-state index in [-0.39, 0.29) is 11.7 Å². The van der Waals surface area contributed by atoms with Gasteiger partial charge in [-0.25, -0.2) is 4.39 Å². The third kappa shape index (κ3) is 4.68. The van der Waals surface area contributed by atoms with Crippen LogP contribution in [0.5, 0.6) is 0 Å². The van der Waals surface area contributed by atoms with Crippen LogP contribution in [0.2, 0.25) is 0 Å². The quantitative estimate of drug-likeness (QED) is 0.863. The van der Waals surface area contributed by atoms with Crippen molar-refractivity contribution in [2.45, 2.75) is 13.5 Å². The number of hydrogen-bond acceptors (Lipinski definition) is 1. The van der Waals surface area contributed by atoms with E-state index in [4.69, 9.17) is 0 Å². The van der Waals surface area contributed by atoms with Crippen LogP contribution in [-0.2, 0) is 11.3 Å². The number of aryl methyl sites for hydroxylation is 1. The van der Waals surface area contributed by atoms with Crippen LogP contribution in [0.1, 0.15) is 11.1 Å². The Labute approximate surface area is 124 Å². The molecule has 2 rings (SSSR count). The highest BCUT2D eigenvalue weighted by atomic mass is 19.1. The summed E-state index contributed by atoms with van der Waals surface area (Å²) in [5, 5.41) is 2.92. The van der Waals surface area contributed by atoms with Gasteiger partial charge in [-0.2, -0.15) is 0 Å². The molecule has 0 aromatic heterocycles. The van der Waals surface area contributed by atoms with Gasteiger partial charge in [-0.3, -0.25) is 4.79 Å². The van der Waals surface area contributed by atoms with Crippen molar-refractivity contribution in [3.8, 4) is 0 Å². The van der Waals surface area contributed by atoms with Crippen molar-refractivity contribution in [1.82, 2.24) is 0 Å². The van der Waals surface area contributed by atoms with Gasteiger partial charge in [0, 0.05) is 11.3 Å². The van der Waals surface area contributed by atoms with E-state index in [1.807, 2.05) is 38.2 Å².